The van der Waals surface area contributed by atoms with Crippen molar-refractivity contribution in [3.63, 3.8) is 0 Å². The van der Waals surface area contributed by atoms with Crippen LogP contribution in [-0.2, 0) is 10.0 Å². The number of carbonyl (C=O) groups is 1. The first-order valence-corrected chi connectivity index (χ1v) is 10.3. The zero-order valence-electron chi connectivity index (χ0n) is 15.3. The fourth-order valence-corrected chi connectivity index (χ4v) is 4.48. The van der Waals surface area contributed by atoms with Gasteiger partial charge in [-0.1, -0.05) is 50.2 Å². The molecule has 0 aromatic heterocycles. The third-order valence-corrected chi connectivity index (χ3v) is 6.56. The molecule has 6 heteroatoms. The summed E-state index contributed by atoms with van der Waals surface area (Å²) < 4.78 is 26.5. The lowest BCUT2D eigenvalue weighted by atomic mass is 10.1. The van der Waals surface area contributed by atoms with E-state index in [1.54, 1.807) is 13.8 Å². The molecule has 1 amide bonds. The molecule has 0 aliphatic rings. The zero-order chi connectivity index (χ0) is 19.4. The van der Waals surface area contributed by atoms with Crippen molar-refractivity contribution in [3.05, 3.63) is 72.3 Å². The zero-order valence-corrected chi connectivity index (χ0v) is 16.2. The molecule has 0 heterocycles. The van der Waals surface area contributed by atoms with Crippen LogP contribution >= 0.6 is 0 Å². The van der Waals surface area contributed by atoms with E-state index in [4.69, 9.17) is 0 Å². The van der Waals surface area contributed by atoms with Crippen LogP contribution in [0.25, 0.3) is 10.8 Å². The topological polar surface area (TPSA) is 66.5 Å². The number of fused-ring (bicyclic) bond motifs is 1. The van der Waals surface area contributed by atoms with Gasteiger partial charge in [0, 0.05) is 29.7 Å². The van der Waals surface area contributed by atoms with Gasteiger partial charge < -0.3 is 5.32 Å². The number of nitrogens with one attached hydrogen (secondary N) is 1. The molecule has 0 fully saturated rings. The molecule has 5 nitrogen and oxygen atoms in total. The summed E-state index contributed by atoms with van der Waals surface area (Å²) in [7, 11) is -3.53. The van der Waals surface area contributed by atoms with Crippen molar-refractivity contribution >= 4 is 32.4 Å². The Kier molecular flexibility index (Phi) is 5.58. The summed E-state index contributed by atoms with van der Waals surface area (Å²) in [6, 6.07) is 19.6. The Morgan fingerprint density at radius 1 is 0.889 bits per heavy atom. The number of carbonyl (C=O) groups excluding carboxylic acids is 1. The predicted molar refractivity (Wildman–Crippen MR) is 108 cm³/mol. The monoisotopic (exact) mass is 382 g/mol. The summed E-state index contributed by atoms with van der Waals surface area (Å²) in [5.41, 5.74) is 1.12. The fourth-order valence-electron chi connectivity index (χ4n) is 3.02. The minimum atomic E-state index is -3.53. The Hall–Kier alpha value is -2.70. The predicted octanol–water partition coefficient (Wildman–Crippen LogP) is 4.12. The van der Waals surface area contributed by atoms with E-state index in [1.165, 1.54) is 28.6 Å². The fraction of sp³-hybridized carbons (Fsp3) is 0.190. The average molecular weight is 382 g/mol. The third-order valence-electron chi connectivity index (χ3n) is 4.50. The summed E-state index contributed by atoms with van der Waals surface area (Å²) in [6.45, 7) is 4.41. The first-order valence-electron chi connectivity index (χ1n) is 8.86. The number of rotatable bonds is 6. The quantitative estimate of drug-likeness (QED) is 0.697. The molecule has 0 unspecified atom stereocenters. The second-order valence-electron chi connectivity index (χ2n) is 6.09. The maximum Gasteiger partial charge on any atom is 0.255 e. The highest BCUT2D eigenvalue weighted by Crippen LogP contribution is 2.24. The van der Waals surface area contributed by atoms with Gasteiger partial charge in [-0.15, -0.1) is 0 Å². The van der Waals surface area contributed by atoms with Crippen LogP contribution in [0.4, 0.5) is 5.69 Å². The minimum Gasteiger partial charge on any atom is -0.321 e. The first-order chi connectivity index (χ1) is 13.0. The lowest BCUT2D eigenvalue weighted by Gasteiger charge is -2.18. The number of amides is 1. The summed E-state index contributed by atoms with van der Waals surface area (Å²) in [5, 5.41) is 4.90. The van der Waals surface area contributed by atoms with Crippen LogP contribution in [0.1, 0.15) is 24.2 Å². The van der Waals surface area contributed by atoms with Gasteiger partial charge in [-0.05, 0) is 35.7 Å². The van der Waals surface area contributed by atoms with Crippen LogP contribution < -0.4 is 5.32 Å². The SMILES string of the molecule is CCN(CC)S(=O)(=O)c1ccc(C(=O)Nc2cccc3ccccc23)cc1. The molecule has 3 aromatic rings. The maximum atomic E-state index is 12.6. The van der Waals surface area contributed by atoms with Gasteiger partial charge in [0.05, 0.1) is 4.90 Å². The number of hydrogen-bond donors (Lipinski definition) is 1. The van der Waals surface area contributed by atoms with E-state index in [9.17, 15) is 13.2 Å². The van der Waals surface area contributed by atoms with Gasteiger partial charge in [0.1, 0.15) is 0 Å². The second-order valence-corrected chi connectivity index (χ2v) is 8.03. The van der Waals surface area contributed by atoms with Crippen LogP contribution in [0.2, 0.25) is 0 Å². The lowest BCUT2D eigenvalue weighted by molar-refractivity contribution is 0.102. The highest BCUT2D eigenvalue weighted by molar-refractivity contribution is 7.89. The molecule has 0 aliphatic heterocycles. The lowest BCUT2D eigenvalue weighted by Crippen LogP contribution is -2.30. The normalized spacial score (nSPS) is 11.7. The highest BCUT2D eigenvalue weighted by atomic mass is 32.2. The molecule has 1 N–H and O–H groups in total. The summed E-state index contributed by atoms with van der Waals surface area (Å²) >= 11 is 0. The molecule has 0 saturated carbocycles. The van der Waals surface area contributed by atoms with Gasteiger partial charge in [-0.25, -0.2) is 8.42 Å². The van der Waals surface area contributed by atoms with Crippen molar-refractivity contribution in [2.45, 2.75) is 18.7 Å². The molecule has 140 valence electrons. The number of benzene rings is 3. The van der Waals surface area contributed by atoms with E-state index in [0.29, 0.717) is 18.7 Å². The molecule has 0 bridgehead atoms. The third kappa shape index (κ3) is 3.86. The van der Waals surface area contributed by atoms with E-state index < -0.39 is 10.0 Å². The van der Waals surface area contributed by atoms with E-state index >= 15 is 0 Å². The molecule has 0 spiro atoms. The summed E-state index contributed by atoms with van der Waals surface area (Å²) in [4.78, 5) is 12.8. The molecule has 0 radical (unpaired) electrons. The number of anilines is 1. The Morgan fingerprint density at radius 3 is 2.19 bits per heavy atom. The Balaban J connectivity index is 1.84. The molecular formula is C21H22N2O3S. The van der Waals surface area contributed by atoms with E-state index in [0.717, 1.165) is 16.5 Å². The van der Waals surface area contributed by atoms with Crippen LogP contribution in [0.15, 0.2) is 71.6 Å². The summed E-state index contributed by atoms with van der Waals surface area (Å²) in [5.74, 6) is -0.279. The van der Waals surface area contributed by atoms with E-state index in [1.807, 2.05) is 42.5 Å². The van der Waals surface area contributed by atoms with Gasteiger partial charge in [0.25, 0.3) is 5.91 Å². The molecule has 27 heavy (non-hydrogen) atoms. The van der Waals surface area contributed by atoms with Crippen molar-refractivity contribution in [2.75, 3.05) is 18.4 Å². The Labute approximate surface area is 159 Å². The average Bonchev–Trinajstić information content (AvgIpc) is 2.69. The van der Waals surface area contributed by atoms with Crippen LogP contribution in [-0.4, -0.2) is 31.7 Å². The minimum absolute atomic E-state index is 0.188. The van der Waals surface area contributed by atoms with Gasteiger partial charge in [0.15, 0.2) is 0 Å². The standard InChI is InChI=1S/C21H22N2O3S/c1-3-23(4-2)27(25,26)18-14-12-17(13-15-18)21(24)22-20-11-7-9-16-8-5-6-10-19(16)20/h5-15H,3-4H2,1-2H3,(H,22,24). The van der Waals surface area contributed by atoms with Crippen LogP contribution in [0.5, 0.6) is 0 Å². The van der Waals surface area contributed by atoms with Gasteiger partial charge >= 0.3 is 0 Å². The molecule has 3 aromatic carbocycles. The molecule has 0 aliphatic carbocycles. The smallest absolute Gasteiger partial charge is 0.255 e. The van der Waals surface area contributed by atoms with Crippen LogP contribution in [0.3, 0.4) is 0 Å². The first kappa shape index (κ1) is 19.1. The second kappa shape index (κ2) is 7.90. The number of sulfonamides is 1. The van der Waals surface area contributed by atoms with Gasteiger partial charge in [-0.2, -0.15) is 4.31 Å². The largest absolute Gasteiger partial charge is 0.321 e. The molecule has 3 rings (SSSR count). The van der Waals surface area contributed by atoms with Crippen LogP contribution in [0, 0.1) is 0 Å². The number of hydrogen-bond acceptors (Lipinski definition) is 3. The number of nitrogens with zero attached hydrogens (tertiary/aromatic N) is 1. The van der Waals surface area contributed by atoms with E-state index in [2.05, 4.69) is 5.32 Å². The molecule has 0 saturated heterocycles. The van der Waals surface area contributed by atoms with Crippen molar-refractivity contribution in [3.8, 4) is 0 Å². The summed E-state index contributed by atoms with van der Waals surface area (Å²) in [6.07, 6.45) is 0. The van der Waals surface area contributed by atoms with Crippen molar-refractivity contribution in [1.82, 2.24) is 4.31 Å². The Morgan fingerprint density at radius 2 is 1.52 bits per heavy atom. The van der Waals surface area contributed by atoms with Crippen molar-refractivity contribution < 1.29 is 13.2 Å². The van der Waals surface area contributed by atoms with Gasteiger partial charge in [-0.3, -0.25) is 4.79 Å². The van der Waals surface area contributed by atoms with E-state index in [-0.39, 0.29) is 10.8 Å². The van der Waals surface area contributed by atoms with Crippen molar-refractivity contribution in [1.29, 1.82) is 0 Å². The molecular weight excluding hydrogens is 360 g/mol. The van der Waals surface area contributed by atoms with Crippen molar-refractivity contribution in [2.24, 2.45) is 0 Å². The van der Waals surface area contributed by atoms with Gasteiger partial charge in [0.2, 0.25) is 10.0 Å². The maximum absolute atomic E-state index is 12.6. The Bertz CT molecular complexity index is 1050. The highest BCUT2D eigenvalue weighted by Gasteiger charge is 2.21. The molecule has 0 atom stereocenters.